The number of hydrogen-bond donors (Lipinski definition) is 2. The number of carbonyl (C=O) groups is 3. The third kappa shape index (κ3) is 3.17. The van der Waals surface area contributed by atoms with Crippen molar-refractivity contribution in [3.63, 3.8) is 0 Å². The molecule has 3 atom stereocenters. The Morgan fingerprint density at radius 2 is 1.82 bits per heavy atom. The Hall–Kier alpha value is -3.48. The second kappa shape index (κ2) is 7.01. The van der Waals surface area contributed by atoms with Gasteiger partial charge in [-0.25, -0.2) is 4.79 Å². The minimum atomic E-state index is -4.79. The van der Waals surface area contributed by atoms with E-state index in [1.807, 2.05) is 11.8 Å². The van der Waals surface area contributed by atoms with Crippen molar-refractivity contribution in [1.82, 2.24) is 20.8 Å². The van der Waals surface area contributed by atoms with Crippen LogP contribution in [-0.4, -0.2) is 52.8 Å². The second-order valence-electron chi connectivity index (χ2n) is 8.39. The number of nitrogens with zero attached hydrogens (tertiary/aromatic N) is 3. The Kier molecular flexibility index (Phi) is 4.54. The molecule has 0 radical (unpaired) electrons. The highest BCUT2D eigenvalue weighted by Gasteiger charge is 2.62. The summed E-state index contributed by atoms with van der Waals surface area (Å²) in [6.07, 6.45) is -5.65. The molecule has 2 fully saturated rings. The number of barbiturate groups is 1. The fraction of sp³-hybridized carbons (Fsp3) is 0.450. The van der Waals surface area contributed by atoms with Crippen LogP contribution in [0.15, 0.2) is 22.6 Å². The van der Waals surface area contributed by atoms with E-state index in [1.54, 1.807) is 13.0 Å². The van der Waals surface area contributed by atoms with E-state index >= 15 is 0 Å². The summed E-state index contributed by atoms with van der Waals surface area (Å²) in [6, 6.07) is 3.11. The number of amides is 4. The van der Waals surface area contributed by atoms with Crippen molar-refractivity contribution in [2.24, 2.45) is 5.41 Å². The Bertz CT molecular complexity index is 1160. The highest BCUT2D eigenvalue weighted by atomic mass is 19.4. The Labute approximate surface area is 184 Å². The topological polar surface area (TPSA) is 127 Å². The molecule has 0 saturated carbocycles. The lowest BCUT2D eigenvalue weighted by Gasteiger charge is -2.55. The van der Waals surface area contributed by atoms with Crippen LogP contribution in [-0.2, 0) is 26.9 Å². The van der Waals surface area contributed by atoms with E-state index in [2.05, 4.69) is 20.8 Å². The van der Waals surface area contributed by atoms with E-state index in [4.69, 9.17) is 9.15 Å². The molecule has 1 aromatic heterocycles. The highest BCUT2D eigenvalue weighted by molar-refractivity contribution is 6.20. The van der Waals surface area contributed by atoms with E-state index in [1.165, 1.54) is 12.1 Å². The van der Waals surface area contributed by atoms with Crippen LogP contribution in [0.3, 0.4) is 0 Å². The van der Waals surface area contributed by atoms with Gasteiger partial charge in [-0.15, -0.1) is 10.2 Å². The largest absolute Gasteiger partial charge is 0.470 e. The summed E-state index contributed by atoms with van der Waals surface area (Å²) >= 11 is 0. The van der Waals surface area contributed by atoms with Crippen molar-refractivity contribution in [1.29, 1.82) is 0 Å². The Morgan fingerprint density at radius 1 is 1.12 bits per heavy atom. The van der Waals surface area contributed by atoms with E-state index in [0.29, 0.717) is 17.8 Å². The van der Waals surface area contributed by atoms with Gasteiger partial charge >= 0.3 is 18.1 Å². The Morgan fingerprint density at radius 3 is 2.45 bits per heavy atom. The summed E-state index contributed by atoms with van der Waals surface area (Å²) in [4.78, 5) is 39.8. The minimum Gasteiger partial charge on any atom is -0.413 e. The van der Waals surface area contributed by atoms with Crippen molar-refractivity contribution >= 4 is 23.5 Å². The monoisotopic (exact) mass is 465 g/mol. The van der Waals surface area contributed by atoms with Crippen LogP contribution in [0.25, 0.3) is 11.5 Å². The maximum absolute atomic E-state index is 13.1. The van der Waals surface area contributed by atoms with E-state index in [9.17, 15) is 27.6 Å². The SMILES string of the molecule is C[C@@H]1CN2c3ccc(-c4nnc(C(F)(F)F)o4)cc3CC3(C(=O)NC(=O)NC3=O)[C@H]2[C@H](C)O1. The van der Waals surface area contributed by atoms with Crippen molar-refractivity contribution < 1.29 is 36.7 Å². The first-order valence-electron chi connectivity index (χ1n) is 10.1. The molecule has 13 heteroatoms. The molecule has 1 aromatic carbocycles. The number of rotatable bonds is 1. The van der Waals surface area contributed by atoms with Crippen molar-refractivity contribution in [2.75, 3.05) is 11.4 Å². The molecule has 0 aliphatic carbocycles. The van der Waals surface area contributed by atoms with Crippen molar-refractivity contribution in [3.05, 3.63) is 29.7 Å². The third-order valence-electron chi connectivity index (χ3n) is 6.22. The molecule has 5 rings (SSSR count). The zero-order valence-electron chi connectivity index (χ0n) is 17.4. The number of aromatic nitrogens is 2. The number of imide groups is 2. The molecular formula is C20H18F3N5O5. The number of nitrogens with one attached hydrogen (secondary N) is 2. The maximum atomic E-state index is 13.1. The van der Waals surface area contributed by atoms with Crippen LogP contribution in [0.5, 0.6) is 0 Å². The molecule has 3 aliphatic heterocycles. The Balaban J connectivity index is 1.63. The number of morpholine rings is 1. The molecule has 174 valence electrons. The number of urea groups is 1. The predicted octanol–water partition coefficient (Wildman–Crippen LogP) is 1.65. The molecule has 1 spiro atoms. The number of anilines is 1. The summed E-state index contributed by atoms with van der Waals surface area (Å²) in [5.74, 6) is -3.35. The molecule has 4 amide bonds. The molecule has 33 heavy (non-hydrogen) atoms. The van der Waals surface area contributed by atoms with Gasteiger partial charge in [0.1, 0.15) is 0 Å². The minimum absolute atomic E-state index is 0.107. The van der Waals surface area contributed by atoms with Gasteiger partial charge in [-0.1, -0.05) is 0 Å². The van der Waals surface area contributed by atoms with Gasteiger partial charge in [-0.2, -0.15) is 13.2 Å². The number of fused-ring (bicyclic) bond motifs is 4. The van der Waals surface area contributed by atoms with Crippen LogP contribution < -0.4 is 15.5 Å². The lowest BCUT2D eigenvalue weighted by atomic mass is 9.66. The van der Waals surface area contributed by atoms with Crippen LogP contribution in [0.1, 0.15) is 25.3 Å². The lowest BCUT2D eigenvalue weighted by molar-refractivity contribution is -0.157. The average molecular weight is 465 g/mol. The van der Waals surface area contributed by atoms with Gasteiger partial charge < -0.3 is 14.1 Å². The maximum Gasteiger partial charge on any atom is 0.470 e. The van der Waals surface area contributed by atoms with Crippen LogP contribution in [0.2, 0.25) is 0 Å². The summed E-state index contributed by atoms with van der Waals surface area (Å²) < 4.78 is 49.3. The molecule has 4 heterocycles. The normalized spacial score (nSPS) is 26.5. The summed E-state index contributed by atoms with van der Waals surface area (Å²) in [7, 11) is 0. The van der Waals surface area contributed by atoms with Crippen molar-refractivity contribution in [2.45, 2.75) is 44.7 Å². The smallest absolute Gasteiger partial charge is 0.413 e. The van der Waals surface area contributed by atoms with E-state index in [-0.39, 0.29) is 24.0 Å². The first-order valence-corrected chi connectivity index (χ1v) is 10.1. The molecule has 0 bridgehead atoms. The first-order chi connectivity index (χ1) is 15.5. The van der Waals surface area contributed by atoms with Gasteiger partial charge in [-0.05, 0) is 44.0 Å². The van der Waals surface area contributed by atoms with E-state index in [0.717, 1.165) is 0 Å². The molecule has 2 N–H and O–H groups in total. The fourth-order valence-electron chi connectivity index (χ4n) is 5.04. The van der Waals surface area contributed by atoms with Crippen molar-refractivity contribution in [3.8, 4) is 11.5 Å². The number of benzene rings is 1. The predicted molar refractivity (Wildman–Crippen MR) is 104 cm³/mol. The summed E-state index contributed by atoms with van der Waals surface area (Å²) in [5, 5.41) is 10.9. The summed E-state index contributed by atoms with van der Waals surface area (Å²) in [5.41, 5.74) is -0.279. The molecule has 2 aromatic rings. The zero-order chi connectivity index (χ0) is 23.7. The first kappa shape index (κ1) is 21.4. The van der Waals surface area contributed by atoms with Crippen LogP contribution in [0.4, 0.5) is 23.7 Å². The summed E-state index contributed by atoms with van der Waals surface area (Å²) in [6.45, 7) is 3.96. The lowest BCUT2D eigenvalue weighted by Crippen LogP contribution is -2.75. The second-order valence-corrected chi connectivity index (χ2v) is 8.39. The van der Waals surface area contributed by atoms with Crippen LogP contribution in [0, 0.1) is 5.41 Å². The highest BCUT2D eigenvalue weighted by Crippen LogP contribution is 2.47. The number of hydrogen-bond acceptors (Lipinski definition) is 8. The van der Waals surface area contributed by atoms with Gasteiger partial charge in [0.25, 0.3) is 0 Å². The van der Waals surface area contributed by atoms with Gasteiger partial charge in [0.15, 0.2) is 5.41 Å². The number of ether oxygens (including phenoxy) is 1. The fourth-order valence-corrected chi connectivity index (χ4v) is 5.04. The third-order valence-corrected chi connectivity index (χ3v) is 6.22. The van der Waals surface area contributed by atoms with Gasteiger partial charge in [0.2, 0.25) is 17.7 Å². The van der Waals surface area contributed by atoms with E-state index < -0.39 is 47.5 Å². The van der Waals surface area contributed by atoms with Gasteiger partial charge in [0, 0.05) is 17.8 Å². The standard InChI is InChI=1S/C20H18F3N5O5/c1-8-7-28-12-4-3-10(14-26-27-17(33-14)20(21,22)23)5-11(12)6-19(13(28)9(2)32-8)15(29)24-18(31)25-16(19)30/h3-5,8-9,13H,6-7H2,1-2H3,(H2,24,25,29,30,31)/t8-,9+,13-/m1/s1. The molecule has 0 unspecified atom stereocenters. The number of carbonyl (C=O) groups excluding carboxylic acids is 3. The zero-order valence-corrected chi connectivity index (χ0v) is 17.4. The number of halogens is 3. The molecule has 2 saturated heterocycles. The number of alkyl halides is 3. The average Bonchev–Trinajstić information content (AvgIpc) is 3.22. The van der Waals surface area contributed by atoms with Gasteiger partial charge in [-0.3, -0.25) is 20.2 Å². The molecule has 10 nitrogen and oxygen atoms in total. The molecule has 3 aliphatic rings. The quantitative estimate of drug-likeness (QED) is 0.609. The molecular weight excluding hydrogens is 447 g/mol. The van der Waals surface area contributed by atoms with Crippen LogP contribution >= 0.6 is 0 Å². The van der Waals surface area contributed by atoms with Gasteiger partial charge in [0.05, 0.1) is 18.2 Å².